The Morgan fingerprint density at radius 1 is 1.12 bits per heavy atom. The second-order valence-electron chi connectivity index (χ2n) is 7.35. The van der Waals surface area contributed by atoms with Crippen LogP contribution in [0.25, 0.3) is 0 Å². The van der Waals surface area contributed by atoms with Gasteiger partial charge in [-0.2, -0.15) is 0 Å². The molecule has 0 aromatic carbocycles. The molecule has 9 atom stereocenters. The van der Waals surface area contributed by atoms with E-state index >= 15 is 0 Å². The van der Waals surface area contributed by atoms with Crippen LogP contribution in [0, 0.1) is 0 Å². The number of hydrogen-bond donors (Lipinski definition) is 5. The highest BCUT2D eigenvalue weighted by molar-refractivity contribution is 5.87. The quantitative estimate of drug-likeness (QED) is 0.380. The van der Waals surface area contributed by atoms with Crippen molar-refractivity contribution >= 4 is 5.78 Å². The lowest BCUT2D eigenvalue weighted by atomic mass is 9.80. The van der Waals surface area contributed by atoms with Crippen molar-refractivity contribution in [2.24, 2.45) is 0 Å². The van der Waals surface area contributed by atoms with Crippen molar-refractivity contribution in [1.82, 2.24) is 10.6 Å². The van der Waals surface area contributed by atoms with Gasteiger partial charge in [-0.25, -0.2) is 0 Å². The Balaban J connectivity index is 1.84. The minimum absolute atomic E-state index is 0.0439. The number of carbonyl (C=O) groups excluding carboxylic acids is 1. The molecule has 1 aliphatic carbocycles. The van der Waals surface area contributed by atoms with Gasteiger partial charge >= 0.3 is 0 Å². The van der Waals surface area contributed by atoms with Gasteiger partial charge in [0, 0.05) is 6.42 Å². The summed E-state index contributed by atoms with van der Waals surface area (Å²) in [6.45, 7) is 2.05. The Hall–Kier alpha value is -0.650. The number of nitrogens with one attached hydrogen (secondary N) is 2. The predicted molar refractivity (Wildman–Crippen MR) is 90.2 cm³/mol. The van der Waals surface area contributed by atoms with Crippen molar-refractivity contribution in [3.8, 4) is 0 Å². The monoisotopic (exact) mass is 374 g/mol. The second kappa shape index (κ2) is 7.76. The van der Waals surface area contributed by atoms with Gasteiger partial charge in [-0.05, 0) is 20.5 Å². The molecule has 3 rings (SSSR count). The molecule has 3 aliphatic rings. The fraction of sp³-hybridized carbons (Fsp3) is 0.941. The van der Waals surface area contributed by atoms with Gasteiger partial charge in [0.2, 0.25) is 6.29 Å². The van der Waals surface area contributed by atoms with Gasteiger partial charge in [0.1, 0.15) is 18.3 Å². The molecule has 0 spiro atoms. The number of carbonyl (C=O) groups is 1. The van der Waals surface area contributed by atoms with E-state index in [4.69, 9.17) is 14.2 Å². The largest absolute Gasteiger partial charge is 0.390 e. The molecule has 5 N–H and O–H groups in total. The van der Waals surface area contributed by atoms with Crippen molar-refractivity contribution in [2.45, 2.75) is 87.3 Å². The van der Waals surface area contributed by atoms with E-state index in [1.54, 1.807) is 14.1 Å². The van der Waals surface area contributed by atoms with Gasteiger partial charge in [-0.1, -0.05) is 19.8 Å². The zero-order chi connectivity index (χ0) is 19.1. The summed E-state index contributed by atoms with van der Waals surface area (Å²) in [6.07, 6.45) is -2.92. The van der Waals surface area contributed by atoms with Crippen LogP contribution in [0.3, 0.4) is 0 Å². The number of aliphatic hydroxyl groups is 3. The fourth-order valence-corrected chi connectivity index (χ4v) is 4.19. The highest BCUT2D eigenvalue weighted by atomic mass is 16.8. The van der Waals surface area contributed by atoms with E-state index in [1.165, 1.54) is 0 Å². The molecule has 0 aromatic rings. The van der Waals surface area contributed by atoms with Crippen LogP contribution in [0.1, 0.15) is 32.6 Å². The number of aliphatic hydroxyl groups excluding tert-OH is 2. The fourth-order valence-electron chi connectivity index (χ4n) is 4.19. The zero-order valence-electron chi connectivity index (χ0n) is 15.4. The normalized spacial score (nSPS) is 48.8. The number of ketones is 1. The average molecular weight is 374 g/mol. The van der Waals surface area contributed by atoms with Crippen LogP contribution >= 0.6 is 0 Å². The molecule has 0 aromatic heterocycles. The van der Waals surface area contributed by atoms with Gasteiger partial charge < -0.3 is 40.2 Å². The predicted octanol–water partition coefficient (Wildman–Crippen LogP) is -1.76. The molecule has 0 bridgehead atoms. The molecule has 0 amide bonds. The van der Waals surface area contributed by atoms with E-state index in [-0.39, 0.29) is 12.5 Å². The summed E-state index contributed by atoms with van der Waals surface area (Å²) in [5.74, 6) is -2.73. The second-order valence-corrected chi connectivity index (χ2v) is 7.35. The number of fused-ring (bicyclic) bond motifs is 2. The average Bonchev–Trinajstić information content (AvgIpc) is 2.61. The zero-order valence-corrected chi connectivity index (χ0v) is 15.4. The van der Waals surface area contributed by atoms with Crippen molar-refractivity contribution in [3.63, 3.8) is 0 Å². The molecule has 2 saturated heterocycles. The van der Waals surface area contributed by atoms with Crippen molar-refractivity contribution < 1.29 is 34.3 Å². The summed E-state index contributed by atoms with van der Waals surface area (Å²) < 4.78 is 17.4. The highest BCUT2D eigenvalue weighted by Gasteiger charge is 2.63. The minimum atomic E-state index is -2.23. The third-order valence-corrected chi connectivity index (χ3v) is 5.71. The van der Waals surface area contributed by atoms with Crippen LogP contribution in [0.5, 0.6) is 0 Å². The number of hydrogen-bond acceptors (Lipinski definition) is 9. The SMILES string of the molecule is CCCCC1CC(=O)[C@@]2(O)O[C@H]3[C@H](NC)[C@@H](O)[C@H](NC)[C@H](O)[C@@H]3O[C@H]2O1. The standard InChI is InChI=1S/C17H30N2O7/c1-4-5-6-8-7-9(20)17(23)16(24-8)25-15-13(22)10(18-2)12(21)11(19-3)14(15)26-17/h8,10-16,18-19,21-23H,4-7H2,1-3H3/t8?,10-,11+,12-,13-,14-,15-,16+,17+/m0/s1. The molecule has 2 aliphatic heterocycles. The van der Waals surface area contributed by atoms with Crippen LogP contribution in [-0.4, -0.2) is 89.9 Å². The van der Waals surface area contributed by atoms with Crippen LogP contribution in [0.15, 0.2) is 0 Å². The Labute approximate surface area is 153 Å². The first-order chi connectivity index (χ1) is 12.4. The molecule has 9 nitrogen and oxygen atoms in total. The number of rotatable bonds is 5. The Kier molecular flexibility index (Phi) is 6.00. The molecule has 9 heteroatoms. The number of Topliss-reactive ketones (excluding diaryl/α,β-unsaturated/α-hetero) is 1. The van der Waals surface area contributed by atoms with Gasteiger partial charge in [-0.3, -0.25) is 4.79 Å². The molecule has 1 saturated carbocycles. The van der Waals surface area contributed by atoms with E-state index < -0.39 is 54.4 Å². The van der Waals surface area contributed by atoms with Gasteiger partial charge in [0.15, 0.2) is 5.78 Å². The minimum Gasteiger partial charge on any atom is -0.390 e. The maximum atomic E-state index is 12.6. The maximum Gasteiger partial charge on any atom is 0.280 e. The van der Waals surface area contributed by atoms with E-state index in [0.29, 0.717) is 6.42 Å². The molecule has 2 heterocycles. The summed E-state index contributed by atoms with van der Waals surface area (Å²) in [5.41, 5.74) is 0. The summed E-state index contributed by atoms with van der Waals surface area (Å²) >= 11 is 0. The maximum absolute atomic E-state index is 12.6. The van der Waals surface area contributed by atoms with Gasteiger partial charge in [0.05, 0.1) is 24.3 Å². The molecule has 150 valence electrons. The number of unbranched alkanes of at least 4 members (excludes halogenated alkanes) is 1. The van der Waals surface area contributed by atoms with Crippen LogP contribution in [0.4, 0.5) is 0 Å². The van der Waals surface area contributed by atoms with Crippen LogP contribution in [-0.2, 0) is 19.0 Å². The Morgan fingerprint density at radius 3 is 2.42 bits per heavy atom. The van der Waals surface area contributed by atoms with E-state index in [0.717, 1.165) is 12.8 Å². The van der Waals surface area contributed by atoms with Gasteiger partial charge in [-0.15, -0.1) is 0 Å². The molecule has 26 heavy (non-hydrogen) atoms. The summed E-state index contributed by atoms with van der Waals surface area (Å²) in [4.78, 5) is 12.6. The first kappa shape index (κ1) is 20.1. The Morgan fingerprint density at radius 2 is 1.81 bits per heavy atom. The van der Waals surface area contributed by atoms with Crippen LogP contribution in [0.2, 0.25) is 0 Å². The van der Waals surface area contributed by atoms with E-state index in [2.05, 4.69) is 10.6 Å². The highest BCUT2D eigenvalue weighted by Crippen LogP contribution is 2.40. The van der Waals surface area contributed by atoms with Crippen molar-refractivity contribution in [3.05, 3.63) is 0 Å². The van der Waals surface area contributed by atoms with Gasteiger partial charge in [0.25, 0.3) is 5.79 Å². The van der Waals surface area contributed by atoms with Crippen LogP contribution < -0.4 is 10.6 Å². The van der Waals surface area contributed by atoms with E-state index in [9.17, 15) is 20.1 Å². The third-order valence-electron chi connectivity index (χ3n) is 5.71. The summed E-state index contributed by atoms with van der Waals surface area (Å²) in [7, 11) is 3.26. The topological polar surface area (TPSA) is 130 Å². The smallest absolute Gasteiger partial charge is 0.280 e. The molecule has 3 fully saturated rings. The lowest BCUT2D eigenvalue weighted by molar-refractivity contribution is -0.421. The van der Waals surface area contributed by atoms with Crippen molar-refractivity contribution in [1.29, 1.82) is 0 Å². The number of likely N-dealkylation sites (N-methyl/N-ethyl adjacent to an activating group) is 2. The lowest BCUT2D eigenvalue weighted by Crippen LogP contribution is -2.77. The first-order valence-electron chi connectivity index (χ1n) is 9.32. The molecular weight excluding hydrogens is 344 g/mol. The molecule has 1 unspecified atom stereocenters. The van der Waals surface area contributed by atoms with E-state index in [1.807, 2.05) is 6.92 Å². The third kappa shape index (κ3) is 3.20. The lowest BCUT2D eigenvalue weighted by Gasteiger charge is -2.55. The van der Waals surface area contributed by atoms with Crippen molar-refractivity contribution in [2.75, 3.05) is 14.1 Å². The molecular formula is C17H30N2O7. The summed E-state index contributed by atoms with van der Waals surface area (Å²) in [6, 6.07) is -1.30. The Bertz CT molecular complexity index is 521. The molecule has 0 radical (unpaired) electrons. The first-order valence-corrected chi connectivity index (χ1v) is 9.32. The number of ether oxygens (including phenoxy) is 3. The summed E-state index contributed by atoms with van der Waals surface area (Å²) in [5, 5.41) is 37.8.